The highest BCUT2D eigenvalue weighted by molar-refractivity contribution is 8.81. The minimum Gasteiger partial charge on any atom is -0.497 e. The summed E-state index contributed by atoms with van der Waals surface area (Å²) in [5.41, 5.74) is 1.00. The molecule has 0 fully saturated rings. The molecule has 0 aliphatic rings. The highest BCUT2D eigenvalue weighted by Crippen LogP contribution is 2.58. The molecule has 126 valence electrons. The molecule has 0 heterocycles. The van der Waals surface area contributed by atoms with Crippen LogP contribution < -0.4 is 15.3 Å². The zero-order valence-electron chi connectivity index (χ0n) is 13.7. The van der Waals surface area contributed by atoms with E-state index in [4.69, 9.17) is 28.8 Å². The van der Waals surface area contributed by atoms with Gasteiger partial charge < -0.3 is 4.74 Å². The molecule has 25 heavy (non-hydrogen) atoms. The van der Waals surface area contributed by atoms with Crippen molar-refractivity contribution in [2.24, 2.45) is 0 Å². The maximum absolute atomic E-state index is 6.22. The molecule has 3 rings (SSSR count). The van der Waals surface area contributed by atoms with Crippen LogP contribution in [0.25, 0.3) is 0 Å². The van der Waals surface area contributed by atoms with Crippen LogP contribution in [0, 0.1) is 0 Å². The first kappa shape index (κ1) is 18.3. The smallest absolute Gasteiger partial charge is 0.118 e. The second-order valence-corrected chi connectivity index (χ2v) is 13.3. The summed E-state index contributed by atoms with van der Waals surface area (Å²) >= 11 is 13.6. The third-order valence-electron chi connectivity index (χ3n) is 3.73. The molecule has 0 unspecified atom stereocenters. The number of thiocarbonyl (C=S) groups is 1. The van der Waals surface area contributed by atoms with Crippen molar-refractivity contribution in [2.75, 3.05) is 7.11 Å². The fourth-order valence-corrected chi connectivity index (χ4v) is 9.86. The Morgan fingerprint density at radius 1 is 0.800 bits per heavy atom. The minimum absolute atomic E-state index is 0.818. The SMILES string of the molecule is COc1ccc(C(=S)SP(=S)(c2ccccc2)c2ccccc2)cc1. The van der Waals surface area contributed by atoms with Gasteiger partial charge in [-0.15, -0.1) is 0 Å². The average Bonchev–Trinajstić information content (AvgIpc) is 2.69. The Bertz CT molecular complexity index is 850. The van der Waals surface area contributed by atoms with Crippen LogP contribution in [0.2, 0.25) is 0 Å². The highest BCUT2D eigenvalue weighted by Gasteiger charge is 2.25. The van der Waals surface area contributed by atoms with Crippen molar-refractivity contribution in [2.45, 2.75) is 0 Å². The van der Waals surface area contributed by atoms with Crippen LogP contribution in [0.5, 0.6) is 5.75 Å². The van der Waals surface area contributed by atoms with Crippen molar-refractivity contribution in [1.82, 2.24) is 0 Å². The standard InChI is InChI=1S/C20H17OPS3/c1-21-17-14-12-16(13-15-17)20(23)25-22(24,18-8-4-2-5-9-18)19-10-6-3-7-11-19/h2-15H,1H3. The Labute approximate surface area is 163 Å². The molecule has 3 aromatic rings. The van der Waals surface area contributed by atoms with Gasteiger partial charge in [0.15, 0.2) is 0 Å². The van der Waals surface area contributed by atoms with E-state index in [1.54, 1.807) is 18.5 Å². The molecule has 0 bridgehead atoms. The van der Waals surface area contributed by atoms with Crippen molar-refractivity contribution in [3.63, 3.8) is 0 Å². The normalized spacial score (nSPS) is 11.1. The zero-order valence-corrected chi connectivity index (χ0v) is 17.0. The van der Waals surface area contributed by atoms with Crippen molar-refractivity contribution >= 4 is 55.5 Å². The van der Waals surface area contributed by atoms with Gasteiger partial charge in [-0.25, -0.2) is 0 Å². The van der Waals surface area contributed by atoms with Gasteiger partial charge in [-0.1, -0.05) is 96.1 Å². The zero-order chi connectivity index (χ0) is 17.7. The first-order valence-electron chi connectivity index (χ1n) is 7.73. The van der Waals surface area contributed by atoms with E-state index in [0.29, 0.717) is 0 Å². The van der Waals surface area contributed by atoms with E-state index >= 15 is 0 Å². The monoisotopic (exact) mass is 400 g/mol. The lowest BCUT2D eigenvalue weighted by Crippen LogP contribution is -2.14. The quantitative estimate of drug-likeness (QED) is 0.432. The predicted molar refractivity (Wildman–Crippen MR) is 119 cm³/mol. The fraction of sp³-hybridized carbons (Fsp3) is 0.0500. The Kier molecular flexibility index (Phi) is 6.08. The molecule has 0 spiro atoms. The van der Waals surface area contributed by atoms with E-state index in [0.717, 1.165) is 26.1 Å². The van der Waals surface area contributed by atoms with Crippen molar-refractivity contribution < 1.29 is 4.74 Å². The topological polar surface area (TPSA) is 9.23 Å². The van der Waals surface area contributed by atoms with E-state index in [-0.39, 0.29) is 0 Å². The van der Waals surface area contributed by atoms with Crippen molar-refractivity contribution in [3.8, 4) is 5.75 Å². The predicted octanol–water partition coefficient (Wildman–Crippen LogP) is 5.15. The fourth-order valence-electron chi connectivity index (χ4n) is 2.40. The summed E-state index contributed by atoms with van der Waals surface area (Å²) in [4.78, 5) is 0. The summed E-state index contributed by atoms with van der Waals surface area (Å²) in [5, 5.41) is 0.241. The Hall–Kier alpha value is -1.45. The van der Waals surface area contributed by atoms with Gasteiger partial charge in [0.2, 0.25) is 0 Å². The number of rotatable bonds is 5. The van der Waals surface area contributed by atoms with Crippen LogP contribution in [0.4, 0.5) is 0 Å². The molecule has 3 aromatic carbocycles. The summed E-state index contributed by atoms with van der Waals surface area (Å²) in [7, 11) is 1.66. The minimum atomic E-state index is -2.09. The molecule has 0 saturated heterocycles. The molecule has 0 aliphatic carbocycles. The second-order valence-electron chi connectivity index (χ2n) is 5.33. The van der Waals surface area contributed by atoms with E-state index in [2.05, 4.69) is 24.3 Å². The number of hydrogen-bond donors (Lipinski definition) is 0. The number of benzene rings is 3. The van der Waals surface area contributed by atoms with Gasteiger partial charge in [0.1, 0.15) is 5.75 Å². The molecule has 0 aromatic heterocycles. The van der Waals surface area contributed by atoms with Gasteiger partial charge in [0.25, 0.3) is 0 Å². The lowest BCUT2D eigenvalue weighted by Gasteiger charge is -2.23. The van der Waals surface area contributed by atoms with Crippen LogP contribution in [-0.2, 0) is 11.8 Å². The summed E-state index contributed by atoms with van der Waals surface area (Å²) in [6, 6.07) is 28.4. The van der Waals surface area contributed by atoms with E-state index in [1.165, 1.54) is 0 Å². The summed E-state index contributed by atoms with van der Waals surface area (Å²) in [6.07, 6.45) is 0. The second kappa shape index (κ2) is 8.29. The van der Waals surface area contributed by atoms with Crippen molar-refractivity contribution in [3.05, 3.63) is 90.5 Å². The Balaban J connectivity index is 1.98. The first-order chi connectivity index (χ1) is 12.1. The third-order valence-corrected chi connectivity index (χ3v) is 11.7. The number of hydrogen-bond acceptors (Lipinski definition) is 4. The van der Waals surface area contributed by atoms with Crippen LogP contribution in [-0.4, -0.2) is 11.3 Å². The largest absolute Gasteiger partial charge is 0.497 e. The lowest BCUT2D eigenvalue weighted by atomic mass is 10.2. The van der Waals surface area contributed by atoms with Gasteiger partial charge >= 0.3 is 0 Å². The molecule has 0 saturated carbocycles. The molecule has 0 atom stereocenters. The van der Waals surface area contributed by atoms with Crippen LogP contribution in [0.15, 0.2) is 84.9 Å². The first-order valence-corrected chi connectivity index (χ1v) is 12.4. The maximum Gasteiger partial charge on any atom is 0.118 e. The van der Waals surface area contributed by atoms with E-state index in [1.807, 2.05) is 60.7 Å². The third kappa shape index (κ3) is 4.21. The number of methoxy groups -OCH3 is 1. The van der Waals surface area contributed by atoms with Gasteiger partial charge in [-0.05, 0) is 40.4 Å². The van der Waals surface area contributed by atoms with E-state index < -0.39 is 5.24 Å². The molecular weight excluding hydrogens is 383 g/mol. The van der Waals surface area contributed by atoms with Crippen LogP contribution in [0.3, 0.4) is 0 Å². The van der Waals surface area contributed by atoms with Gasteiger partial charge in [-0.3, -0.25) is 0 Å². The summed E-state index contributed by atoms with van der Waals surface area (Å²) < 4.78 is 6.04. The molecular formula is C20H17OPS3. The van der Waals surface area contributed by atoms with Crippen LogP contribution in [0.1, 0.15) is 5.56 Å². The van der Waals surface area contributed by atoms with Crippen molar-refractivity contribution in [1.29, 1.82) is 0 Å². The molecule has 0 N–H and O–H groups in total. The Morgan fingerprint density at radius 3 is 1.72 bits per heavy atom. The molecule has 5 heteroatoms. The van der Waals surface area contributed by atoms with Crippen LogP contribution >= 0.6 is 28.8 Å². The number of ether oxygens (including phenoxy) is 1. The van der Waals surface area contributed by atoms with Gasteiger partial charge in [-0.2, -0.15) is 0 Å². The molecule has 0 radical (unpaired) electrons. The molecule has 0 amide bonds. The van der Waals surface area contributed by atoms with Gasteiger partial charge in [0.05, 0.1) is 16.5 Å². The van der Waals surface area contributed by atoms with Gasteiger partial charge in [0, 0.05) is 0 Å². The Morgan fingerprint density at radius 2 is 1.28 bits per heavy atom. The molecule has 1 nitrogen and oxygen atoms in total. The maximum atomic E-state index is 6.22. The summed E-state index contributed by atoms with van der Waals surface area (Å²) in [5.74, 6) is 0.821. The highest BCUT2D eigenvalue weighted by atomic mass is 32.9. The average molecular weight is 401 g/mol. The van der Waals surface area contributed by atoms with E-state index in [9.17, 15) is 0 Å². The summed E-state index contributed by atoms with van der Waals surface area (Å²) in [6.45, 7) is 0. The molecule has 0 aliphatic heterocycles. The lowest BCUT2D eigenvalue weighted by molar-refractivity contribution is 0.415.